The Hall–Kier alpha value is -1.86. The van der Waals surface area contributed by atoms with Crippen LogP contribution in [0.15, 0.2) is 11.4 Å². The van der Waals surface area contributed by atoms with Crippen molar-refractivity contribution in [1.82, 2.24) is 14.9 Å². The van der Waals surface area contributed by atoms with Crippen LogP contribution < -0.4 is 5.73 Å². The van der Waals surface area contributed by atoms with E-state index in [4.69, 9.17) is 11.0 Å². The third-order valence-electron chi connectivity index (χ3n) is 3.96. The number of nitrogens with zero attached hydrogens (tertiary/aromatic N) is 4. The van der Waals surface area contributed by atoms with Gasteiger partial charge < -0.3 is 10.6 Å². The summed E-state index contributed by atoms with van der Waals surface area (Å²) < 4.78 is 23.4. The lowest BCUT2D eigenvalue weighted by Gasteiger charge is -2.28. The second-order valence-corrected chi connectivity index (χ2v) is 9.02. The monoisotopic (exact) mass is 383 g/mol. The summed E-state index contributed by atoms with van der Waals surface area (Å²) in [6, 6.07) is 1.63. The van der Waals surface area contributed by atoms with E-state index in [0.717, 1.165) is 24.6 Å². The Kier molecular flexibility index (Phi) is 6.61. The fourth-order valence-corrected chi connectivity index (χ4v) is 5.04. The van der Waals surface area contributed by atoms with Crippen LogP contribution in [0.5, 0.6) is 0 Å². The lowest BCUT2D eigenvalue weighted by atomic mass is 10.2. The summed E-state index contributed by atoms with van der Waals surface area (Å²) in [7, 11) is -3.05. The molecule has 8 nitrogen and oxygen atoms in total. The lowest BCUT2D eigenvalue weighted by molar-refractivity contribution is -0.130. The molecule has 1 aromatic rings. The van der Waals surface area contributed by atoms with Crippen molar-refractivity contribution in [3.8, 4) is 6.07 Å². The van der Waals surface area contributed by atoms with Crippen molar-refractivity contribution in [2.75, 3.05) is 29.5 Å². The molecule has 1 aliphatic rings. The third-order valence-corrected chi connectivity index (χ3v) is 6.56. The number of rotatable bonds is 7. The molecule has 0 bridgehead atoms. The molecule has 10 heteroatoms. The van der Waals surface area contributed by atoms with Gasteiger partial charge in [-0.05, 0) is 12.8 Å². The van der Waals surface area contributed by atoms with E-state index < -0.39 is 9.84 Å². The topological polar surface area (TPSA) is 130 Å². The molecule has 0 aliphatic carbocycles. The van der Waals surface area contributed by atoms with Gasteiger partial charge in [-0.25, -0.2) is 18.4 Å². The van der Waals surface area contributed by atoms with Crippen LogP contribution in [0.3, 0.4) is 0 Å². The molecule has 1 unspecified atom stereocenters. The van der Waals surface area contributed by atoms with Crippen LogP contribution in [0.1, 0.15) is 31.7 Å². The second-order valence-electron chi connectivity index (χ2n) is 5.85. The number of unbranched alkanes of at least 4 members (excludes halogenated alkanes) is 1. The van der Waals surface area contributed by atoms with E-state index in [1.165, 1.54) is 6.20 Å². The van der Waals surface area contributed by atoms with Crippen molar-refractivity contribution < 1.29 is 13.2 Å². The van der Waals surface area contributed by atoms with Crippen molar-refractivity contribution in [2.24, 2.45) is 0 Å². The molecule has 1 aromatic heterocycles. The van der Waals surface area contributed by atoms with Gasteiger partial charge in [-0.3, -0.25) is 4.79 Å². The Morgan fingerprint density at radius 1 is 1.56 bits per heavy atom. The van der Waals surface area contributed by atoms with Gasteiger partial charge in [0.25, 0.3) is 0 Å². The highest BCUT2D eigenvalue weighted by Crippen LogP contribution is 2.21. The molecular weight excluding hydrogens is 362 g/mol. The quantitative estimate of drug-likeness (QED) is 0.541. The number of hydrogen-bond acceptors (Lipinski definition) is 8. The van der Waals surface area contributed by atoms with Gasteiger partial charge >= 0.3 is 0 Å². The van der Waals surface area contributed by atoms with Crippen LogP contribution in [-0.2, 0) is 14.6 Å². The molecule has 2 heterocycles. The smallest absolute Gasteiger partial charge is 0.233 e. The standard InChI is InChI=1S/C15H21N5O3S2/c1-2-3-5-20(12-4-6-25(22,23)10-12)13(21)9-24-15-18-8-11(7-16)14(17)19-15/h8,12H,2-6,9-10H2,1H3,(H2,17,18,19). The lowest BCUT2D eigenvalue weighted by Crippen LogP contribution is -2.42. The van der Waals surface area contributed by atoms with Gasteiger partial charge in [-0.1, -0.05) is 25.1 Å². The molecule has 0 radical (unpaired) electrons. The first-order valence-electron chi connectivity index (χ1n) is 8.01. The Bertz CT molecular complexity index is 776. The molecule has 2 N–H and O–H groups in total. The SMILES string of the molecule is CCCCN(C(=O)CSc1ncc(C#N)c(N)n1)C1CCS(=O)(=O)C1. The summed E-state index contributed by atoms with van der Waals surface area (Å²) in [6.45, 7) is 2.57. The molecule has 1 aliphatic heterocycles. The number of carbonyl (C=O) groups is 1. The Morgan fingerprint density at radius 3 is 2.88 bits per heavy atom. The number of carbonyl (C=O) groups excluding carboxylic acids is 1. The minimum Gasteiger partial charge on any atom is -0.382 e. The van der Waals surface area contributed by atoms with Crippen molar-refractivity contribution in [3.63, 3.8) is 0 Å². The molecule has 1 amide bonds. The summed E-state index contributed by atoms with van der Waals surface area (Å²) in [6.07, 6.45) is 3.56. The Balaban J connectivity index is 2.02. The fraction of sp³-hybridized carbons (Fsp3) is 0.600. The van der Waals surface area contributed by atoms with Gasteiger partial charge in [0.2, 0.25) is 5.91 Å². The summed E-state index contributed by atoms with van der Waals surface area (Å²) in [5.41, 5.74) is 5.84. The molecule has 25 heavy (non-hydrogen) atoms. The number of sulfone groups is 1. The van der Waals surface area contributed by atoms with Crippen LogP contribution in [0.2, 0.25) is 0 Å². The number of nitrogens with two attached hydrogens (primary N) is 1. The number of amides is 1. The summed E-state index contributed by atoms with van der Waals surface area (Å²) in [4.78, 5) is 22.3. The zero-order valence-corrected chi connectivity index (χ0v) is 15.6. The summed E-state index contributed by atoms with van der Waals surface area (Å²) in [5, 5.41) is 9.14. The number of thioether (sulfide) groups is 1. The molecule has 0 saturated carbocycles. The highest BCUT2D eigenvalue weighted by atomic mass is 32.2. The minimum atomic E-state index is -3.05. The fourth-order valence-electron chi connectivity index (χ4n) is 2.60. The molecule has 2 rings (SSSR count). The second kappa shape index (κ2) is 8.49. The van der Waals surface area contributed by atoms with Gasteiger partial charge in [0.05, 0.1) is 23.5 Å². The number of anilines is 1. The van der Waals surface area contributed by atoms with Crippen molar-refractivity contribution in [3.05, 3.63) is 11.8 Å². The zero-order chi connectivity index (χ0) is 18.4. The number of nitrogen functional groups attached to an aromatic ring is 1. The van der Waals surface area contributed by atoms with Gasteiger partial charge in [0, 0.05) is 12.6 Å². The molecule has 1 saturated heterocycles. The molecule has 1 fully saturated rings. The summed E-state index contributed by atoms with van der Waals surface area (Å²) >= 11 is 1.13. The number of aromatic nitrogens is 2. The molecule has 1 atom stereocenters. The third kappa shape index (κ3) is 5.31. The maximum atomic E-state index is 12.6. The van der Waals surface area contributed by atoms with E-state index in [0.29, 0.717) is 18.1 Å². The van der Waals surface area contributed by atoms with Crippen LogP contribution in [0.25, 0.3) is 0 Å². The predicted octanol–water partition coefficient (Wildman–Crippen LogP) is 0.838. The average Bonchev–Trinajstić information content (AvgIpc) is 2.93. The normalized spacial score (nSPS) is 18.6. The van der Waals surface area contributed by atoms with Crippen LogP contribution >= 0.6 is 11.8 Å². The Labute approximate surface area is 151 Å². The van der Waals surface area contributed by atoms with Crippen LogP contribution in [0.4, 0.5) is 5.82 Å². The minimum absolute atomic E-state index is 0.0352. The highest BCUT2D eigenvalue weighted by Gasteiger charge is 2.34. The van der Waals surface area contributed by atoms with Gasteiger partial charge in [-0.15, -0.1) is 0 Å². The van der Waals surface area contributed by atoms with E-state index >= 15 is 0 Å². The molecule has 0 spiro atoms. The van der Waals surface area contributed by atoms with Gasteiger partial charge in [0.1, 0.15) is 17.5 Å². The van der Waals surface area contributed by atoms with E-state index in [1.807, 2.05) is 13.0 Å². The number of nitriles is 1. The van der Waals surface area contributed by atoms with E-state index in [9.17, 15) is 13.2 Å². The van der Waals surface area contributed by atoms with E-state index in [2.05, 4.69) is 9.97 Å². The zero-order valence-electron chi connectivity index (χ0n) is 14.0. The molecule has 0 aromatic carbocycles. The van der Waals surface area contributed by atoms with Crippen LogP contribution in [0, 0.1) is 11.3 Å². The summed E-state index contributed by atoms with van der Waals surface area (Å²) in [5.74, 6) is 0.221. The average molecular weight is 383 g/mol. The highest BCUT2D eigenvalue weighted by molar-refractivity contribution is 7.99. The first kappa shape index (κ1) is 19.5. The van der Waals surface area contributed by atoms with Crippen molar-refractivity contribution in [2.45, 2.75) is 37.4 Å². The van der Waals surface area contributed by atoms with Gasteiger partial charge in [-0.2, -0.15) is 5.26 Å². The van der Waals surface area contributed by atoms with Crippen molar-refractivity contribution >= 4 is 33.3 Å². The van der Waals surface area contributed by atoms with E-state index in [-0.39, 0.29) is 40.6 Å². The number of hydrogen-bond donors (Lipinski definition) is 1. The molecular formula is C15H21N5O3S2. The largest absolute Gasteiger partial charge is 0.382 e. The van der Waals surface area contributed by atoms with E-state index in [1.54, 1.807) is 4.90 Å². The van der Waals surface area contributed by atoms with Crippen molar-refractivity contribution in [1.29, 1.82) is 5.26 Å². The first-order valence-corrected chi connectivity index (χ1v) is 10.8. The van der Waals surface area contributed by atoms with Crippen LogP contribution in [-0.4, -0.2) is 59.0 Å². The molecule has 136 valence electrons. The first-order chi connectivity index (χ1) is 11.9. The predicted molar refractivity (Wildman–Crippen MR) is 95.6 cm³/mol. The maximum Gasteiger partial charge on any atom is 0.233 e. The Morgan fingerprint density at radius 2 is 2.32 bits per heavy atom. The maximum absolute atomic E-state index is 12.6. The van der Waals surface area contributed by atoms with Gasteiger partial charge in [0.15, 0.2) is 15.0 Å².